The van der Waals surface area contributed by atoms with E-state index in [1.54, 1.807) is 48.5 Å². The van der Waals surface area contributed by atoms with E-state index >= 15 is 0 Å². The van der Waals surface area contributed by atoms with Crippen LogP contribution in [0.1, 0.15) is 22.6 Å². The predicted octanol–water partition coefficient (Wildman–Crippen LogP) is 5.85. The number of fused-ring (bicyclic) bond motifs is 1. The molecule has 39 heavy (non-hydrogen) atoms. The van der Waals surface area contributed by atoms with Crippen molar-refractivity contribution < 1.29 is 9.59 Å². The molecule has 0 N–H and O–H groups in total. The van der Waals surface area contributed by atoms with Crippen molar-refractivity contribution in [2.75, 3.05) is 25.0 Å². The quantitative estimate of drug-likeness (QED) is 0.295. The number of halogens is 2. The molecule has 2 atom stereocenters. The van der Waals surface area contributed by atoms with Gasteiger partial charge in [0.2, 0.25) is 0 Å². The van der Waals surface area contributed by atoms with Crippen LogP contribution in [0.15, 0.2) is 79.0 Å². The first-order valence-electron chi connectivity index (χ1n) is 12.4. The van der Waals surface area contributed by atoms with Crippen molar-refractivity contribution in [2.45, 2.75) is 18.0 Å². The maximum atomic E-state index is 14.3. The second kappa shape index (κ2) is 9.65. The van der Waals surface area contributed by atoms with Gasteiger partial charge in [-0.05, 0) is 59.7 Å². The van der Waals surface area contributed by atoms with Gasteiger partial charge in [0.1, 0.15) is 5.54 Å². The van der Waals surface area contributed by atoms with Gasteiger partial charge in [0.05, 0.1) is 22.8 Å². The Morgan fingerprint density at radius 3 is 2.49 bits per heavy atom. The molecular weight excluding hydrogens is 533 g/mol. The molecule has 0 bridgehead atoms. The van der Waals surface area contributed by atoms with E-state index in [9.17, 15) is 14.9 Å². The van der Waals surface area contributed by atoms with E-state index < -0.39 is 11.6 Å². The summed E-state index contributed by atoms with van der Waals surface area (Å²) in [6.07, 6.45) is 1.77. The number of likely N-dealkylation sites (tertiary alicyclic amines) is 1. The second-order valence-corrected chi connectivity index (χ2v) is 10.9. The van der Waals surface area contributed by atoms with Gasteiger partial charge in [0.25, 0.3) is 5.91 Å². The Kier molecular flexibility index (Phi) is 6.27. The lowest BCUT2D eigenvalue weighted by Gasteiger charge is -2.34. The van der Waals surface area contributed by atoms with Gasteiger partial charge in [-0.3, -0.25) is 14.7 Å². The molecule has 3 aromatic carbocycles. The molecule has 2 saturated heterocycles. The number of hydrogen-bond donors (Lipinski definition) is 0. The van der Waals surface area contributed by atoms with E-state index in [4.69, 9.17) is 23.2 Å². The van der Waals surface area contributed by atoms with Crippen molar-refractivity contribution in [3.05, 3.63) is 106 Å². The zero-order chi connectivity index (χ0) is 27.3. The smallest absolute Gasteiger partial charge is 0.310 e. The fourth-order valence-electron chi connectivity index (χ4n) is 5.90. The largest absolute Gasteiger partial charge is 0.332 e. The molecule has 0 saturated carbocycles. The minimum atomic E-state index is -1.15. The molecule has 6 rings (SSSR count). The summed E-state index contributed by atoms with van der Waals surface area (Å²) in [4.78, 5) is 37.4. The zero-order valence-electron chi connectivity index (χ0n) is 21.0. The molecule has 9 heteroatoms. The maximum absolute atomic E-state index is 14.3. The van der Waals surface area contributed by atoms with Crippen molar-refractivity contribution in [1.82, 2.24) is 14.8 Å². The van der Waals surface area contributed by atoms with E-state index in [1.807, 2.05) is 36.4 Å². The molecule has 1 aromatic heterocycles. The Morgan fingerprint density at radius 1 is 1.03 bits per heavy atom. The zero-order valence-corrected chi connectivity index (χ0v) is 22.5. The topological polar surface area (TPSA) is 80.5 Å². The summed E-state index contributed by atoms with van der Waals surface area (Å²) in [5, 5.41) is 11.0. The van der Waals surface area contributed by atoms with Crippen LogP contribution in [-0.2, 0) is 11.3 Å². The summed E-state index contributed by atoms with van der Waals surface area (Å²) in [6.45, 7) is 1.48. The van der Waals surface area contributed by atoms with Gasteiger partial charge in [-0.25, -0.2) is 9.69 Å². The number of hydrogen-bond acceptors (Lipinski definition) is 5. The minimum Gasteiger partial charge on any atom is -0.310 e. The fraction of sp³-hybridized carbons (Fsp3) is 0.200. The number of carbonyl (C=O) groups excluding carboxylic acids is 2. The number of aromatic nitrogens is 1. The van der Waals surface area contributed by atoms with Gasteiger partial charge in [-0.1, -0.05) is 47.5 Å². The van der Waals surface area contributed by atoms with Crippen molar-refractivity contribution in [3.8, 4) is 6.07 Å². The van der Waals surface area contributed by atoms with Crippen LogP contribution in [0.2, 0.25) is 10.0 Å². The first-order valence-corrected chi connectivity index (χ1v) is 13.2. The van der Waals surface area contributed by atoms with Gasteiger partial charge in [0, 0.05) is 54.2 Å². The summed E-state index contributed by atoms with van der Waals surface area (Å²) in [5.41, 5.74) is 2.61. The van der Waals surface area contributed by atoms with Gasteiger partial charge in [0.15, 0.2) is 0 Å². The van der Waals surface area contributed by atoms with E-state index in [-0.39, 0.29) is 11.8 Å². The molecule has 0 aliphatic carbocycles. The lowest BCUT2D eigenvalue weighted by Crippen LogP contribution is -2.53. The maximum Gasteiger partial charge on any atom is 0.332 e. The average molecular weight is 556 g/mol. The summed E-state index contributed by atoms with van der Waals surface area (Å²) < 4.78 is 0. The summed E-state index contributed by atoms with van der Waals surface area (Å²) in [7, 11) is 1.67. The van der Waals surface area contributed by atoms with Crippen molar-refractivity contribution in [2.24, 2.45) is 0 Å². The van der Waals surface area contributed by atoms with Crippen LogP contribution < -0.4 is 4.90 Å². The normalized spacial score (nSPS) is 21.3. The number of rotatable bonds is 4. The summed E-state index contributed by atoms with van der Waals surface area (Å²) in [5.74, 6) is -0.652. The molecule has 1 spiro atoms. The average Bonchev–Trinajstić information content (AvgIpc) is 3.39. The van der Waals surface area contributed by atoms with E-state index in [2.05, 4.69) is 22.0 Å². The lowest BCUT2D eigenvalue weighted by molar-refractivity contribution is -0.124. The molecule has 3 amide bonds. The summed E-state index contributed by atoms with van der Waals surface area (Å²) >= 11 is 12.5. The third-order valence-electron chi connectivity index (χ3n) is 7.75. The van der Waals surface area contributed by atoms with Crippen LogP contribution in [0.3, 0.4) is 0 Å². The first kappa shape index (κ1) is 25.3. The minimum absolute atomic E-state index is 0.325. The predicted molar refractivity (Wildman–Crippen MR) is 151 cm³/mol. The van der Waals surface area contributed by atoms with Crippen LogP contribution in [0.4, 0.5) is 10.5 Å². The Morgan fingerprint density at radius 2 is 1.77 bits per heavy atom. The fourth-order valence-corrected chi connectivity index (χ4v) is 6.41. The molecule has 0 radical (unpaired) electrons. The van der Waals surface area contributed by atoms with Crippen LogP contribution >= 0.6 is 23.2 Å². The Hall–Kier alpha value is -3.96. The molecule has 3 heterocycles. The molecule has 4 aromatic rings. The van der Waals surface area contributed by atoms with Crippen molar-refractivity contribution in [1.29, 1.82) is 5.26 Å². The number of benzene rings is 3. The highest BCUT2D eigenvalue weighted by molar-refractivity contribution is 6.35. The first-order chi connectivity index (χ1) is 18.8. The molecule has 2 aliphatic rings. The molecular formula is C30H23Cl2N5O2. The van der Waals surface area contributed by atoms with Crippen LogP contribution in [0.25, 0.3) is 10.9 Å². The number of carbonyl (C=O) groups is 2. The number of imide groups is 1. The van der Waals surface area contributed by atoms with Crippen molar-refractivity contribution >= 4 is 51.7 Å². The third-order valence-corrected chi connectivity index (χ3v) is 8.19. The highest BCUT2D eigenvalue weighted by Crippen LogP contribution is 2.47. The van der Waals surface area contributed by atoms with Crippen LogP contribution in [0, 0.1) is 11.3 Å². The Balaban J connectivity index is 1.41. The Bertz CT molecular complexity index is 1650. The number of nitrogens with zero attached hydrogens (tertiary/aromatic N) is 5. The van der Waals surface area contributed by atoms with Crippen LogP contribution in [0.5, 0.6) is 0 Å². The SMILES string of the molecule is CN1C(=O)N(c2cc(Cl)cc(Cl)c2)C(=O)C12CN(Cc1ccc3ncccc3c1)CC2c1ccc(C#N)cc1. The van der Waals surface area contributed by atoms with Gasteiger partial charge in [-0.2, -0.15) is 5.26 Å². The van der Waals surface area contributed by atoms with Crippen molar-refractivity contribution in [3.63, 3.8) is 0 Å². The number of nitriles is 1. The van der Waals surface area contributed by atoms with Gasteiger partial charge >= 0.3 is 6.03 Å². The number of anilines is 1. The summed E-state index contributed by atoms with van der Waals surface area (Å²) in [6, 6.07) is 23.7. The number of pyridine rings is 1. The molecule has 194 valence electrons. The molecule has 7 nitrogen and oxygen atoms in total. The molecule has 2 aliphatic heterocycles. The van der Waals surface area contributed by atoms with Gasteiger partial charge < -0.3 is 4.90 Å². The third kappa shape index (κ3) is 4.22. The standard InChI is InChI=1S/C30H23Cl2N5O2/c1-35-29(39)37(25-13-23(31)12-24(32)14-25)28(38)30(35)18-36(17-26(30)21-7-4-19(15-33)5-8-21)16-20-6-9-27-22(11-20)3-2-10-34-27/h2-14,26H,16-18H2,1H3. The van der Waals surface area contributed by atoms with E-state index in [0.717, 1.165) is 22.0 Å². The highest BCUT2D eigenvalue weighted by Gasteiger charge is 2.64. The van der Waals surface area contributed by atoms with Gasteiger partial charge in [-0.15, -0.1) is 0 Å². The van der Waals surface area contributed by atoms with E-state index in [0.29, 0.717) is 40.9 Å². The van der Waals surface area contributed by atoms with E-state index in [1.165, 1.54) is 4.90 Å². The monoisotopic (exact) mass is 555 g/mol. The highest BCUT2D eigenvalue weighted by atomic mass is 35.5. The number of urea groups is 1. The second-order valence-electron chi connectivity index (χ2n) is 10.0. The number of likely N-dealkylation sites (N-methyl/N-ethyl adjacent to an activating group) is 1. The Labute approximate surface area is 235 Å². The lowest BCUT2D eigenvalue weighted by atomic mass is 9.80. The molecule has 2 unspecified atom stereocenters. The molecule has 2 fully saturated rings. The number of amides is 3. The van der Waals surface area contributed by atoms with Crippen LogP contribution in [-0.4, -0.2) is 52.4 Å².